The van der Waals surface area contributed by atoms with E-state index in [9.17, 15) is 4.79 Å². The number of rotatable bonds is 4. The average Bonchev–Trinajstić information content (AvgIpc) is 2.27. The second-order valence-electron chi connectivity index (χ2n) is 2.77. The summed E-state index contributed by atoms with van der Waals surface area (Å²) in [6.45, 7) is 4.97. The van der Waals surface area contributed by atoms with E-state index in [2.05, 4.69) is 16.2 Å². The first-order valence-electron chi connectivity index (χ1n) is 4.44. The topological polar surface area (TPSA) is 44.8 Å². The fourth-order valence-electron chi connectivity index (χ4n) is 0.979. The predicted octanol–water partition coefficient (Wildman–Crippen LogP) is 2.98. The Morgan fingerprint density at radius 3 is 2.67 bits per heavy atom. The summed E-state index contributed by atoms with van der Waals surface area (Å²) in [4.78, 5) is 19.9. The summed E-state index contributed by atoms with van der Waals surface area (Å²) >= 11 is 0. The van der Waals surface area contributed by atoms with Crippen LogP contribution in [0.4, 0.5) is 4.79 Å². The van der Waals surface area contributed by atoms with Gasteiger partial charge in [0.05, 0.1) is 6.26 Å². The molecule has 15 heavy (non-hydrogen) atoms. The fraction of sp³-hybridized carbons (Fsp3) is 0.182. The van der Waals surface area contributed by atoms with Gasteiger partial charge in [-0.25, -0.2) is 4.79 Å². The van der Waals surface area contributed by atoms with Crippen LogP contribution in [0.3, 0.4) is 0 Å². The third kappa shape index (κ3) is 3.83. The molecule has 4 heteroatoms. The number of carbonyl (C=O) groups is 1. The van der Waals surface area contributed by atoms with Crippen LogP contribution in [0.2, 0.25) is 0 Å². The van der Waals surface area contributed by atoms with Crippen molar-refractivity contribution < 1.29 is 19.3 Å². The molecule has 0 saturated carbocycles. The van der Waals surface area contributed by atoms with Crippen molar-refractivity contribution in [3.63, 3.8) is 0 Å². The SMILES string of the molecule is C=COC(=O)OOC(C)c1ccccc1. The van der Waals surface area contributed by atoms with Crippen LogP contribution in [-0.2, 0) is 14.5 Å². The molecule has 0 amide bonds. The minimum atomic E-state index is -0.937. The van der Waals surface area contributed by atoms with Crippen molar-refractivity contribution in [2.45, 2.75) is 13.0 Å². The Morgan fingerprint density at radius 2 is 2.07 bits per heavy atom. The molecule has 0 aliphatic rings. The maximum absolute atomic E-state index is 10.7. The molecular weight excluding hydrogens is 196 g/mol. The first-order chi connectivity index (χ1) is 7.24. The molecular formula is C11H12O4. The highest BCUT2D eigenvalue weighted by molar-refractivity contribution is 5.59. The van der Waals surface area contributed by atoms with E-state index in [0.717, 1.165) is 11.8 Å². The van der Waals surface area contributed by atoms with Gasteiger partial charge in [-0.05, 0) is 12.5 Å². The highest BCUT2D eigenvalue weighted by Gasteiger charge is 2.10. The van der Waals surface area contributed by atoms with Crippen LogP contribution in [0.1, 0.15) is 18.6 Å². The first-order valence-corrected chi connectivity index (χ1v) is 4.44. The van der Waals surface area contributed by atoms with Crippen LogP contribution in [0.15, 0.2) is 43.2 Å². The number of carbonyl (C=O) groups excluding carboxylic acids is 1. The summed E-state index contributed by atoms with van der Waals surface area (Å²) in [5, 5.41) is 0. The van der Waals surface area contributed by atoms with Crippen molar-refractivity contribution in [1.82, 2.24) is 0 Å². The molecule has 0 aliphatic heterocycles. The zero-order chi connectivity index (χ0) is 11.1. The van der Waals surface area contributed by atoms with E-state index in [0.29, 0.717) is 0 Å². The number of benzene rings is 1. The minimum Gasteiger partial charge on any atom is -0.402 e. The molecule has 0 heterocycles. The summed E-state index contributed by atoms with van der Waals surface area (Å²) < 4.78 is 4.31. The van der Waals surface area contributed by atoms with Crippen molar-refractivity contribution in [3.05, 3.63) is 48.7 Å². The van der Waals surface area contributed by atoms with Gasteiger partial charge in [0.25, 0.3) is 0 Å². The van der Waals surface area contributed by atoms with Gasteiger partial charge in [0.1, 0.15) is 6.10 Å². The van der Waals surface area contributed by atoms with Gasteiger partial charge < -0.3 is 4.74 Å². The molecule has 1 atom stereocenters. The van der Waals surface area contributed by atoms with E-state index >= 15 is 0 Å². The number of hydrogen-bond donors (Lipinski definition) is 0. The second-order valence-corrected chi connectivity index (χ2v) is 2.77. The van der Waals surface area contributed by atoms with Gasteiger partial charge in [-0.3, -0.25) is 4.89 Å². The van der Waals surface area contributed by atoms with Gasteiger partial charge in [-0.2, -0.15) is 4.89 Å². The zero-order valence-electron chi connectivity index (χ0n) is 8.38. The van der Waals surface area contributed by atoms with E-state index in [1.165, 1.54) is 0 Å². The third-order valence-electron chi connectivity index (χ3n) is 1.71. The van der Waals surface area contributed by atoms with Gasteiger partial charge in [0.2, 0.25) is 0 Å². The lowest BCUT2D eigenvalue weighted by Crippen LogP contribution is -2.07. The predicted molar refractivity (Wildman–Crippen MR) is 53.7 cm³/mol. The monoisotopic (exact) mass is 208 g/mol. The van der Waals surface area contributed by atoms with E-state index in [4.69, 9.17) is 4.89 Å². The maximum atomic E-state index is 10.7. The lowest BCUT2D eigenvalue weighted by Gasteiger charge is -2.10. The van der Waals surface area contributed by atoms with Crippen LogP contribution < -0.4 is 0 Å². The lowest BCUT2D eigenvalue weighted by molar-refractivity contribution is -0.282. The van der Waals surface area contributed by atoms with Crippen molar-refractivity contribution >= 4 is 6.16 Å². The van der Waals surface area contributed by atoms with Crippen molar-refractivity contribution in [2.75, 3.05) is 0 Å². The largest absolute Gasteiger partial charge is 0.545 e. The summed E-state index contributed by atoms with van der Waals surface area (Å²) in [6, 6.07) is 9.37. The molecule has 0 aliphatic carbocycles. The summed E-state index contributed by atoms with van der Waals surface area (Å²) in [6.07, 6.45) is -0.310. The quantitative estimate of drug-likeness (QED) is 0.330. The smallest absolute Gasteiger partial charge is 0.402 e. The molecule has 4 nitrogen and oxygen atoms in total. The molecule has 0 fully saturated rings. The molecule has 80 valence electrons. The average molecular weight is 208 g/mol. The van der Waals surface area contributed by atoms with Crippen LogP contribution >= 0.6 is 0 Å². The van der Waals surface area contributed by atoms with Crippen LogP contribution in [0, 0.1) is 0 Å². The molecule has 0 spiro atoms. The molecule has 1 aromatic rings. The first kappa shape index (κ1) is 11.3. The third-order valence-corrected chi connectivity index (χ3v) is 1.71. The molecule has 1 rings (SSSR count). The van der Waals surface area contributed by atoms with Crippen molar-refractivity contribution in [1.29, 1.82) is 0 Å². The maximum Gasteiger partial charge on any atom is 0.545 e. The van der Waals surface area contributed by atoms with Gasteiger partial charge in [0.15, 0.2) is 0 Å². The molecule has 1 unspecified atom stereocenters. The van der Waals surface area contributed by atoms with E-state index in [1.54, 1.807) is 6.92 Å². The summed E-state index contributed by atoms with van der Waals surface area (Å²) in [5.41, 5.74) is 0.906. The van der Waals surface area contributed by atoms with Crippen LogP contribution in [-0.4, -0.2) is 6.16 Å². The normalized spacial score (nSPS) is 11.5. The van der Waals surface area contributed by atoms with E-state index in [1.807, 2.05) is 30.3 Å². The number of ether oxygens (including phenoxy) is 1. The Balaban J connectivity index is 2.40. The molecule has 0 radical (unpaired) electrons. The van der Waals surface area contributed by atoms with Gasteiger partial charge >= 0.3 is 6.16 Å². The Hall–Kier alpha value is -1.81. The fourth-order valence-corrected chi connectivity index (χ4v) is 0.979. The highest BCUT2D eigenvalue weighted by Crippen LogP contribution is 2.16. The van der Waals surface area contributed by atoms with E-state index in [-0.39, 0.29) is 6.10 Å². The lowest BCUT2D eigenvalue weighted by atomic mass is 10.1. The standard InChI is InChI=1S/C11H12O4/c1-3-13-11(12)15-14-9(2)10-7-5-4-6-8-10/h3-9H,1H2,2H3. The minimum absolute atomic E-state index is 0.344. The Morgan fingerprint density at radius 1 is 1.40 bits per heavy atom. The Kier molecular flexibility index (Phi) is 4.37. The van der Waals surface area contributed by atoms with E-state index < -0.39 is 6.16 Å². The van der Waals surface area contributed by atoms with Crippen LogP contribution in [0.25, 0.3) is 0 Å². The van der Waals surface area contributed by atoms with Crippen molar-refractivity contribution in [2.24, 2.45) is 0 Å². The summed E-state index contributed by atoms with van der Waals surface area (Å²) in [5.74, 6) is 0. The highest BCUT2D eigenvalue weighted by atomic mass is 17.2. The molecule has 0 bridgehead atoms. The van der Waals surface area contributed by atoms with Gasteiger partial charge in [0, 0.05) is 0 Å². The molecule has 0 N–H and O–H groups in total. The summed E-state index contributed by atoms with van der Waals surface area (Å²) in [7, 11) is 0. The van der Waals surface area contributed by atoms with Crippen LogP contribution in [0.5, 0.6) is 0 Å². The number of hydrogen-bond acceptors (Lipinski definition) is 4. The molecule has 0 aromatic heterocycles. The Bertz CT molecular complexity index is 321. The molecule has 1 aromatic carbocycles. The zero-order valence-corrected chi connectivity index (χ0v) is 8.38. The molecule has 0 saturated heterocycles. The van der Waals surface area contributed by atoms with Gasteiger partial charge in [-0.15, -0.1) is 0 Å². The van der Waals surface area contributed by atoms with Gasteiger partial charge in [-0.1, -0.05) is 36.9 Å². The van der Waals surface area contributed by atoms with Crippen molar-refractivity contribution in [3.8, 4) is 0 Å². The second kappa shape index (κ2) is 5.82. The Labute approximate surface area is 88.0 Å².